The molecular formula is C3H8NO5PS. The molecule has 0 rings (SSSR count). The molecule has 0 aromatic heterocycles. The monoisotopic (exact) mass is 201 g/mol. The van der Waals surface area contributed by atoms with E-state index in [1.54, 1.807) is 5.09 Å². The molecular weight excluding hydrogens is 193 g/mol. The summed E-state index contributed by atoms with van der Waals surface area (Å²) in [5.74, 6) is -1.52. The second-order valence-corrected chi connectivity index (χ2v) is 3.46. The lowest BCUT2D eigenvalue weighted by atomic mass is 10.4. The third kappa shape index (κ3) is 5.23. The van der Waals surface area contributed by atoms with Crippen molar-refractivity contribution < 1.29 is 24.3 Å². The summed E-state index contributed by atoms with van der Waals surface area (Å²) < 4.78 is 10.2. The Morgan fingerprint density at radius 1 is 1.64 bits per heavy atom. The smallest absolute Gasteiger partial charge is 0.401 e. The second kappa shape index (κ2) is 4.08. The molecule has 6 nitrogen and oxygen atoms in total. The fourth-order valence-electron chi connectivity index (χ4n) is 0.377. The van der Waals surface area contributed by atoms with Gasteiger partial charge < -0.3 is 14.9 Å². The van der Waals surface area contributed by atoms with Crippen molar-refractivity contribution in [1.82, 2.24) is 5.09 Å². The number of hydrogen-bond acceptors (Lipinski definition) is 3. The molecule has 0 aliphatic rings. The average molecular weight is 201 g/mol. The second-order valence-electron chi connectivity index (χ2n) is 1.75. The van der Waals surface area contributed by atoms with Crippen LogP contribution in [0.25, 0.3) is 0 Å². The maximum absolute atomic E-state index is 10.2. The minimum Gasteiger partial charge on any atom is -0.480 e. The predicted molar refractivity (Wildman–Crippen MR) is 40.5 cm³/mol. The Labute approximate surface area is 68.2 Å². The highest BCUT2D eigenvalue weighted by Crippen LogP contribution is 2.29. The van der Waals surface area contributed by atoms with Gasteiger partial charge in [0.1, 0.15) is 6.04 Å². The summed E-state index contributed by atoms with van der Waals surface area (Å²) in [4.78, 5) is 26.7. The van der Waals surface area contributed by atoms with Crippen molar-refractivity contribution in [2.24, 2.45) is 0 Å². The molecule has 11 heavy (non-hydrogen) atoms. The van der Waals surface area contributed by atoms with Gasteiger partial charge in [0.25, 0.3) is 0 Å². The van der Waals surface area contributed by atoms with E-state index in [1.807, 2.05) is 0 Å². The molecule has 0 radical (unpaired) electrons. The number of nitrogens with one attached hydrogen (secondary N) is 1. The van der Waals surface area contributed by atoms with Gasteiger partial charge in [-0.05, 0) is 0 Å². The van der Waals surface area contributed by atoms with Crippen LogP contribution in [0.15, 0.2) is 0 Å². The molecule has 66 valence electrons. The molecule has 0 amide bonds. The zero-order chi connectivity index (χ0) is 9.07. The van der Waals surface area contributed by atoms with E-state index in [1.165, 1.54) is 0 Å². The van der Waals surface area contributed by atoms with Crippen LogP contribution in [-0.2, 0) is 9.36 Å². The third-order valence-corrected chi connectivity index (χ3v) is 1.82. The van der Waals surface area contributed by atoms with E-state index in [2.05, 4.69) is 12.6 Å². The van der Waals surface area contributed by atoms with E-state index < -0.39 is 19.8 Å². The number of carboxylic acids is 1. The fourth-order valence-corrected chi connectivity index (χ4v) is 1.38. The molecule has 0 spiro atoms. The summed E-state index contributed by atoms with van der Waals surface area (Å²) >= 11 is 3.58. The van der Waals surface area contributed by atoms with Crippen LogP contribution in [-0.4, -0.2) is 32.7 Å². The summed E-state index contributed by atoms with van der Waals surface area (Å²) in [6.45, 7) is 0. The van der Waals surface area contributed by atoms with Crippen molar-refractivity contribution in [2.45, 2.75) is 6.04 Å². The molecule has 0 bridgehead atoms. The van der Waals surface area contributed by atoms with Crippen molar-refractivity contribution >= 4 is 26.3 Å². The number of hydrogen-bond donors (Lipinski definition) is 5. The van der Waals surface area contributed by atoms with E-state index in [9.17, 15) is 9.36 Å². The topological polar surface area (TPSA) is 107 Å². The van der Waals surface area contributed by atoms with Crippen LogP contribution >= 0.6 is 20.4 Å². The van der Waals surface area contributed by atoms with Gasteiger partial charge in [-0.3, -0.25) is 4.79 Å². The SMILES string of the molecule is O=C(O)C(CS)NP(=O)(O)O. The van der Waals surface area contributed by atoms with E-state index >= 15 is 0 Å². The molecule has 4 N–H and O–H groups in total. The number of carboxylic acid groups (broad SMARTS) is 1. The Balaban J connectivity index is 4.10. The minimum absolute atomic E-state index is 0.180. The zero-order valence-electron chi connectivity index (χ0n) is 5.34. The lowest BCUT2D eigenvalue weighted by molar-refractivity contribution is -0.138. The highest BCUT2D eigenvalue weighted by molar-refractivity contribution is 7.80. The van der Waals surface area contributed by atoms with E-state index in [-0.39, 0.29) is 5.75 Å². The van der Waals surface area contributed by atoms with Crippen molar-refractivity contribution in [3.8, 4) is 0 Å². The first-order valence-electron chi connectivity index (χ1n) is 2.54. The summed E-state index contributed by atoms with van der Waals surface area (Å²) in [6, 6.07) is -1.32. The van der Waals surface area contributed by atoms with Gasteiger partial charge in [-0.25, -0.2) is 9.65 Å². The quantitative estimate of drug-likeness (QED) is 0.296. The normalized spacial score (nSPS) is 14.5. The standard InChI is InChI=1S/C3H8NO5PS/c5-3(6)2(1-11)4-10(7,8)9/h2,11H,1H2,(H,5,6)(H3,4,7,8,9). The fraction of sp³-hybridized carbons (Fsp3) is 0.667. The van der Waals surface area contributed by atoms with Crippen LogP contribution in [0, 0.1) is 0 Å². The largest absolute Gasteiger partial charge is 0.480 e. The number of aliphatic carboxylic acids is 1. The summed E-state index contributed by atoms with van der Waals surface area (Å²) in [5, 5.41) is 9.88. The molecule has 0 saturated carbocycles. The average Bonchev–Trinajstić information content (AvgIpc) is 1.80. The van der Waals surface area contributed by atoms with Crippen molar-refractivity contribution in [2.75, 3.05) is 5.75 Å². The van der Waals surface area contributed by atoms with Gasteiger partial charge in [-0.15, -0.1) is 0 Å². The van der Waals surface area contributed by atoms with Gasteiger partial charge in [0.05, 0.1) is 0 Å². The van der Waals surface area contributed by atoms with Crippen LogP contribution < -0.4 is 5.09 Å². The Bertz CT molecular complexity index is 190. The maximum atomic E-state index is 10.2. The molecule has 0 fully saturated rings. The van der Waals surface area contributed by atoms with Crippen LogP contribution in [0.4, 0.5) is 0 Å². The van der Waals surface area contributed by atoms with E-state index in [0.29, 0.717) is 0 Å². The van der Waals surface area contributed by atoms with Crippen LogP contribution in [0.5, 0.6) is 0 Å². The predicted octanol–water partition coefficient (Wildman–Crippen LogP) is -0.948. The lowest BCUT2D eigenvalue weighted by Crippen LogP contribution is -2.35. The number of rotatable bonds is 4. The van der Waals surface area contributed by atoms with Gasteiger partial charge in [0, 0.05) is 5.75 Å². The first kappa shape index (κ1) is 10.9. The first-order chi connectivity index (χ1) is 4.87. The lowest BCUT2D eigenvalue weighted by Gasteiger charge is -2.11. The highest BCUT2D eigenvalue weighted by atomic mass is 32.1. The third-order valence-electron chi connectivity index (χ3n) is 0.805. The molecule has 0 heterocycles. The van der Waals surface area contributed by atoms with Crippen molar-refractivity contribution in [1.29, 1.82) is 0 Å². The van der Waals surface area contributed by atoms with Crippen LogP contribution in [0.3, 0.4) is 0 Å². The molecule has 1 unspecified atom stereocenters. The van der Waals surface area contributed by atoms with Gasteiger partial charge in [0.2, 0.25) is 0 Å². The number of thiol groups is 1. The maximum Gasteiger partial charge on any atom is 0.401 e. The van der Waals surface area contributed by atoms with Crippen LogP contribution in [0.1, 0.15) is 0 Å². The summed E-state index contributed by atoms with van der Waals surface area (Å²) in [6.07, 6.45) is 0. The van der Waals surface area contributed by atoms with Gasteiger partial charge in [-0.1, -0.05) is 0 Å². The highest BCUT2D eigenvalue weighted by Gasteiger charge is 2.24. The van der Waals surface area contributed by atoms with Crippen molar-refractivity contribution in [3.05, 3.63) is 0 Å². The summed E-state index contributed by atoms with van der Waals surface area (Å²) in [7, 11) is -4.47. The van der Waals surface area contributed by atoms with E-state index in [4.69, 9.17) is 14.9 Å². The van der Waals surface area contributed by atoms with Crippen molar-refractivity contribution in [3.63, 3.8) is 0 Å². The Morgan fingerprint density at radius 3 is 2.18 bits per heavy atom. The first-order valence-corrected chi connectivity index (χ1v) is 4.78. The Hall–Kier alpha value is -0.0700. The number of carbonyl (C=O) groups is 1. The van der Waals surface area contributed by atoms with Gasteiger partial charge in [-0.2, -0.15) is 12.6 Å². The van der Waals surface area contributed by atoms with E-state index in [0.717, 1.165) is 0 Å². The minimum atomic E-state index is -4.47. The molecule has 0 aromatic carbocycles. The Morgan fingerprint density at radius 2 is 2.09 bits per heavy atom. The van der Waals surface area contributed by atoms with Gasteiger partial charge in [0.15, 0.2) is 0 Å². The summed E-state index contributed by atoms with van der Waals surface area (Å²) in [5.41, 5.74) is 0. The molecule has 0 aliphatic carbocycles. The molecule has 0 saturated heterocycles. The Kier molecular flexibility index (Phi) is 4.05. The molecule has 0 aromatic rings. The van der Waals surface area contributed by atoms with Crippen LogP contribution in [0.2, 0.25) is 0 Å². The molecule has 8 heteroatoms. The van der Waals surface area contributed by atoms with Gasteiger partial charge >= 0.3 is 13.7 Å². The molecule has 0 aliphatic heterocycles. The zero-order valence-corrected chi connectivity index (χ0v) is 7.13. The molecule has 1 atom stereocenters.